The summed E-state index contributed by atoms with van der Waals surface area (Å²) in [6.07, 6.45) is 53.9. The molecule has 0 aromatic heterocycles. The van der Waals surface area contributed by atoms with Crippen LogP contribution in [-0.2, 0) is 9.53 Å². The van der Waals surface area contributed by atoms with Crippen LogP contribution in [0.5, 0.6) is 0 Å². The van der Waals surface area contributed by atoms with E-state index in [4.69, 9.17) is 4.74 Å². The number of unbranched alkanes of at least 4 members (excludes halogenated alkanes) is 34. The molecule has 0 atom stereocenters. The van der Waals surface area contributed by atoms with Crippen LogP contribution in [-0.4, -0.2) is 5.97 Å². The van der Waals surface area contributed by atoms with E-state index < -0.39 is 0 Å². The van der Waals surface area contributed by atoms with Gasteiger partial charge in [-0.15, -0.1) is 0 Å². The van der Waals surface area contributed by atoms with Gasteiger partial charge < -0.3 is 4.74 Å². The number of allylic oxidation sites excluding steroid dienone is 1. The molecule has 0 unspecified atom stereocenters. The third-order valence-electron chi connectivity index (χ3n) is 9.50. The van der Waals surface area contributed by atoms with Gasteiger partial charge in [-0.25, -0.2) is 0 Å². The largest absolute Gasteiger partial charge is 0.435 e. The van der Waals surface area contributed by atoms with Crippen molar-refractivity contribution in [3.63, 3.8) is 0 Å². The number of esters is 1. The molecule has 0 fully saturated rings. The minimum atomic E-state index is -0.0555. The molecule has 0 bridgehead atoms. The van der Waals surface area contributed by atoms with E-state index >= 15 is 0 Å². The Balaban J connectivity index is 3.20. The van der Waals surface area contributed by atoms with Crippen molar-refractivity contribution in [1.82, 2.24) is 0 Å². The van der Waals surface area contributed by atoms with Crippen LogP contribution in [0.1, 0.15) is 251 Å². The fourth-order valence-corrected chi connectivity index (χ4v) is 6.41. The van der Waals surface area contributed by atoms with Crippen molar-refractivity contribution in [1.29, 1.82) is 0 Å². The van der Waals surface area contributed by atoms with Crippen molar-refractivity contribution < 1.29 is 9.53 Å². The number of carbonyl (C=O) groups excluding carboxylic acids is 1. The maximum atomic E-state index is 11.9. The quantitative estimate of drug-likeness (QED) is 0.0391. The van der Waals surface area contributed by atoms with Crippen LogP contribution in [0, 0.1) is 0 Å². The second-order valence-electron chi connectivity index (χ2n) is 14.1. The smallest absolute Gasteiger partial charge is 0.310 e. The summed E-state index contributed by atoms with van der Waals surface area (Å²) in [4.78, 5) is 11.9. The minimum absolute atomic E-state index is 0.0555. The third-order valence-corrected chi connectivity index (χ3v) is 9.50. The first kappa shape index (κ1) is 43.2. The van der Waals surface area contributed by atoms with Crippen molar-refractivity contribution in [3.05, 3.63) is 12.3 Å². The maximum Gasteiger partial charge on any atom is 0.310 e. The summed E-state index contributed by atoms with van der Waals surface area (Å²) in [6, 6.07) is 0. The van der Waals surface area contributed by atoms with E-state index in [1.54, 1.807) is 6.26 Å². The average molecular weight is 619 g/mol. The van der Waals surface area contributed by atoms with E-state index in [0.29, 0.717) is 6.42 Å². The molecule has 0 aliphatic carbocycles. The molecule has 0 spiro atoms. The van der Waals surface area contributed by atoms with E-state index in [1.807, 2.05) is 6.08 Å². The molecule has 0 heterocycles. The zero-order valence-electron chi connectivity index (χ0n) is 30.6. The fraction of sp³-hybridized carbons (Fsp3) is 0.929. The van der Waals surface area contributed by atoms with Crippen LogP contribution >= 0.6 is 0 Å². The first-order valence-corrected chi connectivity index (χ1v) is 20.7. The zero-order valence-corrected chi connectivity index (χ0v) is 30.6. The molecular formula is C42H82O2. The highest BCUT2D eigenvalue weighted by molar-refractivity contribution is 5.69. The molecule has 0 rings (SSSR count). The van der Waals surface area contributed by atoms with Gasteiger partial charge in [0.2, 0.25) is 0 Å². The number of rotatable bonds is 38. The molecule has 0 N–H and O–H groups in total. The van der Waals surface area contributed by atoms with Crippen molar-refractivity contribution in [2.45, 2.75) is 251 Å². The van der Waals surface area contributed by atoms with Gasteiger partial charge in [0.25, 0.3) is 0 Å². The molecule has 2 heteroatoms. The Morgan fingerprint density at radius 2 is 0.614 bits per heavy atom. The summed E-state index contributed by atoms with van der Waals surface area (Å²) >= 11 is 0. The van der Waals surface area contributed by atoms with Gasteiger partial charge in [0, 0.05) is 6.42 Å². The van der Waals surface area contributed by atoms with Gasteiger partial charge in [-0.2, -0.15) is 0 Å². The summed E-state index contributed by atoms with van der Waals surface area (Å²) in [5.41, 5.74) is 0. The van der Waals surface area contributed by atoms with Crippen molar-refractivity contribution >= 4 is 5.97 Å². The Kier molecular flexibility index (Phi) is 39.5. The summed E-state index contributed by atoms with van der Waals surface area (Å²) in [5.74, 6) is -0.0555. The normalized spacial score (nSPS) is 11.6. The first-order valence-electron chi connectivity index (χ1n) is 20.7. The standard InChI is InChI=1S/C42H82O2/c1-3-5-7-9-11-13-15-17-19-21-22-23-25-27-29-31-33-35-37-39-41-44-42(43)40-38-36-34-32-30-28-26-24-20-18-16-14-12-10-8-6-4-2/h39,41H,3-38,40H2,1-2H3/b41-39+. The van der Waals surface area contributed by atoms with Crippen LogP contribution < -0.4 is 0 Å². The van der Waals surface area contributed by atoms with Gasteiger partial charge >= 0.3 is 5.97 Å². The molecular weight excluding hydrogens is 536 g/mol. The molecule has 0 saturated carbocycles. The predicted octanol–water partition coefficient (Wildman–Crippen LogP) is 15.5. The highest BCUT2D eigenvalue weighted by Crippen LogP contribution is 2.16. The monoisotopic (exact) mass is 619 g/mol. The number of ether oxygens (including phenoxy) is 1. The lowest BCUT2D eigenvalue weighted by molar-refractivity contribution is -0.138. The van der Waals surface area contributed by atoms with Crippen LogP contribution in [0.2, 0.25) is 0 Å². The zero-order chi connectivity index (χ0) is 31.9. The van der Waals surface area contributed by atoms with Gasteiger partial charge in [0.05, 0.1) is 6.26 Å². The first-order chi connectivity index (χ1) is 21.8. The van der Waals surface area contributed by atoms with Crippen molar-refractivity contribution in [2.24, 2.45) is 0 Å². The molecule has 44 heavy (non-hydrogen) atoms. The lowest BCUT2D eigenvalue weighted by Gasteiger charge is -2.04. The second-order valence-corrected chi connectivity index (χ2v) is 14.1. The fourth-order valence-electron chi connectivity index (χ4n) is 6.41. The summed E-state index contributed by atoms with van der Waals surface area (Å²) in [5, 5.41) is 0. The molecule has 0 aromatic rings. The summed E-state index contributed by atoms with van der Waals surface area (Å²) in [6.45, 7) is 4.59. The number of hydrogen-bond donors (Lipinski definition) is 0. The summed E-state index contributed by atoms with van der Waals surface area (Å²) < 4.78 is 5.29. The molecule has 0 aromatic carbocycles. The molecule has 0 radical (unpaired) electrons. The molecule has 2 nitrogen and oxygen atoms in total. The van der Waals surface area contributed by atoms with E-state index in [2.05, 4.69) is 13.8 Å². The van der Waals surface area contributed by atoms with E-state index in [0.717, 1.165) is 19.3 Å². The molecule has 0 aliphatic rings. The van der Waals surface area contributed by atoms with Crippen LogP contribution in [0.4, 0.5) is 0 Å². The maximum absolute atomic E-state index is 11.9. The Morgan fingerprint density at radius 3 is 0.909 bits per heavy atom. The number of carbonyl (C=O) groups is 1. The number of hydrogen-bond acceptors (Lipinski definition) is 2. The highest BCUT2D eigenvalue weighted by Gasteiger charge is 2.01. The average Bonchev–Trinajstić information content (AvgIpc) is 3.03. The van der Waals surface area contributed by atoms with Crippen LogP contribution in [0.15, 0.2) is 12.3 Å². The molecule has 0 saturated heterocycles. The third kappa shape index (κ3) is 39.2. The Bertz CT molecular complexity index is 554. The van der Waals surface area contributed by atoms with Gasteiger partial charge in [-0.3, -0.25) is 4.79 Å². The van der Waals surface area contributed by atoms with Crippen LogP contribution in [0.3, 0.4) is 0 Å². The van der Waals surface area contributed by atoms with Gasteiger partial charge in [0.1, 0.15) is 0 Å². The van der Waals surface area contributed by atoms with E-state index in [-0.39, 0.29) is 5.97 Å². The topological polar surface area (TPSA) is 26.3 Å². The Labute approximate surface area is 278 Å². The van der Waals surface area contributed by atoms with Gasteiger partial charge in [0.15, 0.2) is 0 Å². The lowest BCUT2D eigenvalue weighted by atomic mass is 10.0. The predicted molar refractivity (Wildman–Crippen MR) is 197 cm³/mol. The highest BCUT2D eigenvalue weighted by atomic mass is 16.5. The van der Waals surface area contributed by atoms with E-state index in [1.165, 1.54) is 212 Å². The molecule has 0 aliphatic heterocycles. The lowest BCUT2D eigenvalue weighted by Crippen LogP contribution is -1.98. The second kappa shape index (κ2) is 40.2. The van der Waals surface area contributed by atoms with Gasteiger partial charge in [-0.1, -0.05) is 226 Å². The van der Waals surface area contributed by atoms with Crippen molar-refractivity contribution in [3.8, 4) is 0 Å². The van der Waals surface area contributed by atoms with Gasteiger partial charge in [-0.05, 0) is 25.3 Å². The molecule has 0 amide bonds. The SMILES string of the molecule is CCCCCCCCCCCCCCCCCCCC/C=C/OC(=O)CCCCCCCCCCCCCCCCCCC. The van der Waals surface area contributed by atoms with Crippen molar-refractivity contribution in [2.75, 3.05) is 0 Å². The Hall–Kier alpha value is -0.790. The van der Waals surface area contributed by atoms with E-state index in [9.17, 15) is 4.79 Å². The molecule has 262 valence electrons. The summed E-state index contributed by atoms with van der Waals surface area (Å²) in [7, 11) is 0. The van der Waals surface area contributed by atoms with Crippen LogP contribution in [0.25, 0.3) is 0 Å². The Morgan fingerprint density at radius 1 is 0.364 bits per heavy atom. The minimum Gasteiger partial charge on any atom is -0.435 e.